The zero-order valence-corrected chi connectivity index (χ0v) is 14.5. The van der Waals surface area contributed by atoms with Crippen molar-refractivity contribution in [3.05, 3.63) is 54.4 Å². The van der Waals surface area contributed by atoms with E-state index in [9.17, 15) is 14.4 Å². The summed E-state index contributed by atoms with van der Waals surface area (Å²) in [5, 5.41) is 2.73. The minimum absolute atomic E-state index is 0.125. The fourth-order valence-electron chi connectivity index (χ4n) is 2.71. The normalized spacial score (nSPS) is 14.4. The van der Waals surface area contributed by atoms with Crippen molar-refractivity contribution in [3.63, 3.8) is 0 Å². The fraction of sp³-hybridized carbons (Fsp3) is 0.263. The summed E-state index contributed by atoms with van der Waals surface area (Å²) in [6.07, 6.45) is 0.456. The first-order valence-electron chi connectivity index (χ1n) is 8.29. The predicted octanol–water partition coefficient (Wildman–Crippen LogP) is 2.25. The first kappa shape index (κ1) is 17.6. The van der Waals surface area contributed by atoms with Gasteiger partial charge in [-0.3, -0.25) is 14.5 Å². The number of anilines is 2. The number of aromatic nitrogens is 1. The summed E-state index contributed by atoms with van der Waals surface area (Å²) in [6, 6.07) is 11.9. The van der Waals surface area contributed by atoms with Crippen LogP contribution in [0.2, 0.25) is 0 Å². The molecule has 2 heterocycles. The van der Waals surface area contributed by atoms with Gasteiger partial charge in [-0.15, -0.1) is 0 Å². The number of hydrogen-bond donors (Lipinski definition) is 1. The Bertz CT molecular complexity index is 836. The summed E-state index contributed by atoms with van der Waals surface area (Å²) in [5.74, 6) is -1.68. The Morgan fingerprint density at radius 2 is 1.88 bits per heavy atom. The molecule has 0 saturated carbocycles. The minimum atomic E-state index is -1.02. The third-order valence-electron chi connectivity index (χ3n) is 3.99. The monoisotopic (exact) mass is 353 g/mol. The number of carbonyl (C=O) groups is 3. The van der Waals surface area contributed by atoms with Crippen LogP contribution in [0, 0.1) is 5.92 Å². The molecule has 2 amide bonds. The van der Waals surface area contributed by atoms with Crippen LogP contribution in [0.1, 0.15) is 24.3 Å². The number of benzene rings is 1. The molecule has 0 unspecified atom stereocenters. The molecular formula is C19H19N3O4. The highest BCUT2D eigenvalue weighted by Gasteiger charge is 2.35. The van der Waals surface area contributed by atoms with Crippen molar-refractivity contribution in [2.75, 3.05) is 16.8 Å². The first-order valence-corrected chi connectivity index (χ1v) is 8.29. The van der Waals surface area contributed by atoms with Gasteiger partial charge in [-0.1, -0.05) is 32.0 Å². The molecule has 7 heteroatoms. The molecule has 0 bridgehead atoms. The van der Waals surface area contributed by atoms with Gasteiger partial charge in [0.1, 0.15) is 12.2 Å². The molecule has 0 aliphatic carbocycles. The van der Waals surface area contributed by atoms with Crippen molar-refractivity contribution in [3.8, 4) is 0 Å². The highest BCUT2D eigenvalue weighted by Crippen LogP contribution is 2.30. The molecule has 0 radical (unpaired) electrons. The van der Waals surface area contributed by atoms with Crippen molar-refractivity contribution < 1.29 is 19.1 Å². The van der Waals surface area contributed by atoms with E-state index >= 15 is 0 Å². The Balaban J connectivity index is 1.86. The summed E-state index contributed by atoms with van der Waals surface area (Å²) < 4.78 is 5.44. The number of rotatable bonds is 4. The van der Waals surface area contributed by atoms with Gasteiger partial charge in [0.15, 0.2) is 6.10 Å². The summed E-state index contributed by atoms with van der Waals surface area (Å²) >= 11 is 0. The van der Waals surface area contributed by atoms with Gasteiger partial charge < -0.3 is 10.1 Å². The maximum atomic E-state index is 13.1. The summed E-state index contributed by atoms with van der Waals surface area (Å²) in [7, 11) is 0. The molecule has 1 atom stereocenters. The Labute approximate surface area is 151 Å². The number of para-hydroxylation sites is 2. The zero-order chi connectivity index (χ0) is 18.7. The van der Waals surface area contributed by atoms with Gasteiger partial charge >= 0.3 is 5.97 Å². The average molecular weight is 353 g/mol. The Morgan fingerprint density at radius 3 is 2.58 bits per heavy atom. The van der Waals surface area contributed by atoms with Crippen LogP contribution < -0.4 is 10.2 Å². The molecule has 1 aromatic carbocycles. The number of nitrogens with one attached hydrogen (secondary N) is 1. The van der Waals surface area contributed by atoms with Crippen LogP contribution >= 0.6 is 0 Å². The van der Waals surface area contributed by atoms with Crippen molar-refractivity contribution in [1.29, 1.82) is 0 Å². The lowest BCUT2D eigenvalue weighted by Crippen LogP contribution is -2.49. The van der Waals surface area contributed by atoms with Gasteiger partial charge in [-0.05, 0) is 30.2 Å². The summed E-state index contributed by atoms with van der Waals surface area (Å²) in [4.78, 5) is 42.6. The number of carbonyl (C=O) groups excluding carboxylic acids is 3. The SMILES string of the molecule is CC(C)[C@H](OC(=O)c1ccccn1)C(=O)N1CC(=O)Nc2ccccc21. The molecule has 1 aliphatic heterocycles. The predicted molar refractivity (Wildman–Crippen MR) is 95.7 cm³/mol. The quantitative estimate of drug-likeness (QED) is 0.852. The molecule has 1 N–H and O–H groups in total. The highest BCUT2D eigenvalue weighted by molar-refractivity contribution is 6.11. The molecule has 7 nitrogen and oxygen atoms in total. The average Bonchev–Trinajstić information content (AvgIpc) is 2.65. The number of ether oxygens (including phenoxy) is 1. The second-order valence-electron chi connectivity index (χ2n) is 6.27. The van der Waals surface area contributed by atoms with E-state index in [4.69, 9.17) is 4.74 Å². The van der Waals surface area contributed by atoms with Crippen molar-refractivity contribution in [1.82, 2.24) is 4.98 Å². The van der Waals surface area contributed by atoms with Crippen molar-refractivity contribution in [2.45, 2.75) is 20.0 Å². The lowest BCUT2D eigenvalue weighted by Gasteiger charge is -2.32. The lowest BCUT2D eigenvalue weighted by atomic mass is 10.0. The Morgan fingerprint density at radius 1 is 1.15 bits per heavy atom. The van der Waals surface area contributed by atoms with E-state index in [2.05, 4.69) is 10.3 Å². The highest BCUT2D eigenvalue weighted by atomic mass is 16.5. The molecule has 3 rings (SSSR count). The van der Waals surface area contributed by atoms with Crippen LogP contribution in [0.5, 0.6) is 0 Å². The third kappa shape index (κ3) is 3.56. The molecular weight excluding hydrogens is 334 g/mol. The lowest BCUT2D eigenvalue weighted by molar-refractivity contribution is -0.130. The number of fused-ring (bicyclic) bond motifs is 1. The van der Waals surface area contributed by atoms with Crippen LogP contribution in [0.4, 0.5) is 11.4 Å². The zero-order valence-electron chi connectivity index (χ0n) is 14.5. The third-order valence-corrected chi connectivity index (χ3v) is 3.99. The van der Waals surface area contributed by atoms with Crippen LogP contribution in [-0.2, 0) is 14.3 Å². The maximum Gasteiger partial charge on any atom is 0.357 e. The number of amides is 2. The van der Waals surface area contributed by atoms with E-state index in [0.29, 0.717) is 11.4 Å². The van der Waals surface area contributed by atoms with Gasteiger partial charge in [0.05, 0.1) is 11.4 Å². The summed E-state index contributed by atoms with van der Waals surface area (Å²) in [5.41, 5.74) is 1.26. The first-order chi connectivity index (χ1) is 12.5. The van der Waals surface area contributed by atoms with E-state index in [1.54, 1.807) is 50.2 Å². The van der Waals surface area contributed by atoms with Crippen LogP contribution in [0.25, 0.3) is 0 Å². The van der Waals surface area contributed by atoms with Gasteiger partial charge in [-0.25, -0.2) is 9.78 Å². The topological polar surface area (TPSA) is 88.6 Å². The minimum Gasteiger partial charge on any atom is -0.447 e. The van der Waals surface area contributed by atoms with E-state index in [1.807, 2.05) is 0 Å². The maximum absolute atomic E-state index is 13.1. The van der Waals surface area contributed by atoms with Gasteiger partial charge in [0.2, 0.25) is 5.91 Å². The number of hydrogen-bond acceptors (Lipinski definition) is 5. The van der Waals surface area contributed by atoms with E-state index in [0.717, 1.165) is 0 Å². The number of pyridine rings is 1. The smallest absolute Gasteiger partial charge is 0.357 e. The van der Waals surface area contributed by atoms with Crippen LogP contribution in [0.15, 0.2) is 48.7 Å². The molecule has 1 aromatic heterocycles. The second-order valence-corrected chi connectivity index (χ2v) is 6.27. The Hall–Kier alpha value is -3.22. The van der Waals surface area contributed by atoms with Crippen molar-refractivity contribution >= 4 is 29.2 Å². The largest absolute Gasteiger partial charge is 0.447 e. The molecule has 26 heavy (non-hydrogen) atoms. The molecule has 2 aromatic rings. The molecule has 1 aliphatic rings. The Kier molecular flexibility index (Phi) is 4.97. The van der Waals surface area contributed by atoms with Crippen LogP contribution in [-0.4, -0.2) is 35.4 Å². The van der Waals surface area contributed by atoms with Crippen LogP contribution in [0.3, 0.4) is 0 Å². The standard InChI is InChI=1S/C19H19N3O4/c1-12(2)17(26-19(25)14-8-5-6-10-20-14)18(24)22-11-16(23)21-13-7-3-4-9-15(13)22/h3-10,12,17H,11H2,1-2H3,(H,21,23)/t17-/m0/s1. The van der Waals surface area contributed by atoms with Gasteiger partial charge in [0, 0.05) is 6.20 Å². The second kappa shape index (κ2) is 7.35. The van der Waals surface area contributed by atoms with E-state index in [-0.39, 0.29) is 24.1 Å². The molecule has 134 valence electrons. The molecule has 0 fully saturated rings. The number of nitrogens with zero attached hydrogens (tertiary/aromatic N) is 2. The summed E-state index contributed by atoms with van der Waals surface area (Å²) in [6.45, 7) is 3.44. The number of esters is 1. The molecule has 0 spiro atoms. The fourth-order valence-corrected chi connectivity index (χ4v) is 2.71. The molecule has 0 saturated heterocycles. The van der Waals surface area contributed by atoms with E-state index in [1.165, 1.54) is 17.2 Å². The van der Waals surface area contributed by atoms with Gasteiger partial charge in [-0.2, -0.15) is 0 Å². The van der Waals surface area contributed by atoms with Gasteiger partial charge in [0.25, 0.3) is 5.91 Å². The van der Waals surface area contributed by atoms with E-state index < -0.39 is 18.0 Å². The van der Waals surface area contributed by atoms with Crippen molar-refractivity contribution in [2.24, 2.45) is 5.92 Å².